The maximum absolute atomic E-state index is 12.6. The topological polar surface area (TPSA) is 75.3 Å². The van der Waals surface area contributed by atoms with Crippen molar-refractivity contribution in [3.05, 3.63) is 22.1 Å². The van der Waals surface area contributed by atoms with Gasteiger partial charge in [-0.3, -0.25) is 9.59 Å². The number of rotatable bonds is 3. The molecule has 1 fully saturated rings. The summed E-state index contributed by atoms with van der Waals surface area (Å²) in [4.78, 5) is 30.5. The van der Waals surface area contributed by atoms with Gasteiger partial charge in [0.1, 0.15) is 0 Å². The van der Waals surface area contributed by atoms with E-state index in [0.717, 1.165) is 11.8 Å². The third kappa shape index (κ3) is 4.96. The molecule has 0 unspecified atom stereocenters. The van der Waals surface area contributed by atoms with E-state index in [1.54, 1.807) is 4.90 Å². The number of aromatic amines is 1. The molecule has 6 nitrogen and oxygen atoms in total. The standard InChI is InChI=1S/C13H16F3N3O3S/c1-7-4-19(5-8(2)22-7)11(21)6-23-12-17-9(13(14,15)16)3-10(20)18-12/h3,7-8H,4-6H2,1-2H3,(H,17,18,20)/t7-,8-/m1/s1. The van der Waals surface area contributed by atoms with Gasteiger partial charge >= 0.3 is 6.18 Å². The summed E-state index contributed by atoms with van der Waals surface area (Å²) in [6.45, 7) is 4.54. The van der Waals surface area contributed by atoms with Crippen molar-refractivity contribution in [3.8, 4) is 0 Å². The Balaban J connectivity index is 2.02. The van der Waals surface area contributed by atoms with E-state index in [9.17, 15) is 22.8 Å². The Morgan fingerprint density at radius 1 is 1.43 bits per heavy atom. The first-order valence-corrected chi connectivity index (χ1v) is 7.88. The lowest BCUT2D eigenvalue weighted by atomic mass is 10.2. The van der Waals surface area contributed by atoms with E-state index in [4.69, 9.17) is 4.74 Å². The number of morpholine rings is 1. The average Bonchev–Trinajstić information content (AvgIpc) is 2.42. The number of thioether (sulfide) groups is 1. The fraction of sp³-hybridized carbons (Fsp3) is 0.615. The lowest BCUT2D eigenvalue weighted by Crippen LogP contribution is -2.48. The molecule has 0 bridgehead atoms. The van der Waals surface area contributed by atoms with E-state index in [-0.39, 0.29) is 29.0 Å². The van der Waals surface area contributed by atoms with Crippen LogP contribution in [-0.4, -0.2) is 51.8 Å². The highest BCUT2D eigenvalue weighted by Gasteiger charge is 2.33. The monoisotopic (exact) mass is 351 g/mol. The Bertz CT molecular complexity index is 625. The molecule has 0 radical (unpaired) electrons. The van der Waals surface area contributed by atoms with Crippen LogP contribution >= 0.6 is 11.8 Å². The molecule has 2 atom stereocenters. The van der Waals surface area contributed by atoms with Crippen molar-refractivity contribution < 1.29 is 22.7 Å². The minimum Gasteiger partial charge on any atom is -0.372 e. The zero-order valence-electron chi connectivity index (χ0n) is 12.5. The van der Waals surface area contributed by atoms with Gasteiger partial charge in [-0.2, -0.15) is 13.2 Å². The number of hydrogen-bond acceptors (Lipinski definition) is 5. The first kappa shape index (κ1) is 17.8. The summed E-state index contributed by atoms with van der Waals surface area (Å²) in [5.41, 5.74) is -2.18. The summed E-state index contributed by atoms with van der Waals surface area (Å²) < 4.78 is 43.3. The fourth-order valence-electron chi connectivity index (χ4n) is 2.25. The number of nitrogens with one attached hydrogen (secondary N) is 1. The zero-order valence-corrected chi connectivity index (χ0v) is 13.3. The molecule has 0 aromatic carbocycles. The first-order chi connectivity index (χ1) is 10.6. The summed E-state index contributed by atoms with van der Waals surface area (Å²) >= 11 is 0.770. The second-order valence-electron chi connectivity index (χ2n) is 5.28. The number of halogens is 3. The lowest BCUT2D eigenvalue weighted by molar-refractivity contribution is -0.141. The number of amides is 1. The molecule has 1 aromatic rings. The van der Waals surface area contributed by atoms with E-state index < -0.39 is 17.4 Å². The number of H-pyrrole nitrogens is 1. The fourth-order valence-corrected chi connectivity index (χ4v) is 3.03. The third-order valence-corrected chi connectivity index (χ3v) is 3.97. The highest BCUT2D eigenvalue weighted by molar-refractivity contribution is 7.99. The predicted octanol–water partition coefficient (Wildman–Crippen LogP) is 1.52. The lowest BCUT2D eigenvalue weighted by Gasteiger charge is -2.35. The van der Waals surface area contributed by atoms with Crippen molar-refractivity contribution in [2.24, 2.45) is 0 Å². The molecule has 23 heavy (non-hydrogen) atoms. The van der Waals surface area contributed by atoms with Gasteiger partial charge in [0.25, 0.3) is 5.56 Å². The van der Waals surface area contributed by atoms with Crippen molar-refractivity contribution in [2.45, 2.75) is 37.4 Å². The number of carbonyl (C=O) groups excluding carboxylic acids is 1. The molecule has 2 rings (SSSR count). The zero-order chi connectivity index (χ0) is 17.2. The van der Waals surface area contributed by atoms with Crippen molar-refractivity contribution in [2.75, 3.05) is 18.8 Å². The number of nitrogens with zero attached hydrogens (tertiary/aromatic N) is 2. The van der Waals surface area contributed by atoms with Crippen LogP contribution < -0.4 is 5.56 Å². The van der Waals surface area contributed by atoms with Crippen LogP contribution in [0.3, 0.4) is 0 Å². The van der Waals surface area contributed by atoms with Crippen LogP contribution in [-0.2, 0) is 15.7 Å². The Labute approximate surface area is 134 Å². The number of ether oxygens (including phenoxy) is 1. The molecule has 128 valence electrons. The van der Waals surface area contributed by atoms with Crippen molar-refractivity contribution in [3.63, 3.8) is 0 Å². The molecular weight excluding hydrogens is 335 g/mol. The summed E-state index contributed by atoms with van der Waals surface area (Å²) in [6, 6.07) is 0.386. The predicted molar refractivity (Wildman–Crippen MR) is 77.2 cm³/mol. The second-order valence-corrected chi connectivity index (χ2v) is 6.24. The minimum atomic E-state index is -4.71. The van der Waals surface area contributed by atoms with Gasteiger partial charge in [-0.1, -0.05) is 11.8 Å². The van der Waals surface area contributed by atoms with Crippen LogP contribution in [0.4, 0.5) is 13.2 Å². The highest BCUT2D eigenvalue weighted by atomic mass is 32.2. The molecule has 1 amide bonds. The van der Waals surface area contributed by atoms with Crippen LogP contribution in [0, 0.1) is 0 Å². The van der Waals surface area contributed by atoms with Gasteiger partial charge in [-0.25, -0.2) is 4.98 Å². The van der Waals surface area contributed by atoms with E-state index in [1.165, 1.54) is 0 Å². The van der Waals surface area contributed by atoms with Crippen molar-refractivity contribution in [1.29, 1.82) is 0 Å². The summed E-state index contributed by atoms with van der Waals surface area (Å²) in [7, 11) is 0. The SMILES string of the molecule is C[C@@H]1CN(C(=O)CSc2nc(C(F)(F)F)cc(=O)[nH]2)C[C@@H](C)O1. The van der Waals surface area contributed by atoms with Gasteiger partial charge < -0.3 is 14.6 Å². The van der Waals surface area contributed by atoms with Crippen LogP contribution in [0.25, 0.3) is 0 Å². The number of alkyl halides is 3. The largest absolute Gasteiger partial charge is 0.433 e. The molecule has 2 heterocycles. The molecule has 1 saturated heterocycles. The molecule has 1 aromatic heterocycles. The van der Waals surface area contributed by atoms with Gasteiger partial charge in [0, 0.05) is 19.2 Å². The highest BCUT2D eigenvalue weighted by Crippen LogP contribution is 2.27. The summed E-state index contributed by atoms with van der Waals surface area (Å²) in [5.74, 6) is -0.346. The Morgan fingerprint density at radius 3 is 2.61 bits per heavy atom. The van der Waals surface area contributed by atoms with E-state index in [0.29, 0.717) is 19.2 Å². The molecule has 1 aliphatic rings. The summed E-state index contributed by atoms with van der Waals surface area (Å²) in [6.07, 6.45) is -4.90. The van der Waals surface area contributed by atoms with Gasteiger partial charge in [0.15, 0.2) is 10.9 Å². The van der Waals surface area contributed by atoms with Gasteiger partial charge in [-0.05, 0) is 13.8 Å². The average molecular weight is 351 g/mol. The van der Waals surface area contributed by atoms with E-state index in [1.807, 2.05) is 13.8 Å². The molecule has 0 spiro atoms. The smallest absolute Gasteiger partial charge is 0.372 e. The number of hydrogen-bond donors (Lipinski definition) is 1. The molecular formula is C13H16F3N3O3S. The molecule has 10 heteroatoms. The number of aromatic nitrogens is 2. The Morgan fingerprint density at radius 2 is 2.04 bits per heavy atom. The van der Waals surface area contributed by atoms with Crippen LogP contribution in [0.1, 0.15) is 19.5 Å². The molecule has 1 N–H and O–H groups in total. The van der Waals surface area contributed by atoms with Crippen LogP contribution in [0.5, 0.6) is 0 Å². The van der Waals surface area contributed by atoms with Crippen LogP contribution in [0.15, 0.2) is 16.0 Å². The molecule has 1 aliphatic heterocycles. The van der Waals surface area contributed by atoms with Gasteiger partial charge in [0.05, 0.1) is 18.0 Å². The third-order valence-electron chi connectivity index (χ3n) is 3.12. The quantitative estimate of drug-likeness (QED) is 0.660. The van der Waals surface area contributed by atoms with Gasteiger partial charge in [-0.15, -0.1) is 0 Å². The number of carbonyl (C=O) groups is 1. The van der Waals surface area contributed by atoms with Crippen molar-refractivity contribution >= 4 is 17.7 Å². The maximum atomic E-state index is 12.6. The second kappa shape index (κ2) is 6.91. The molecule has 0 aliphatic carbocycles. The Hall–Kier alpha value is -1.55. The Kier molecular flexibility index (Phi) is 5.35. The molecule has 0 saturated carbocycles. The van der Waals surface area contributed by atoms with Crippen LogP contribution in [0.2, 0.25) is 0 Å². The summed E-state index contributed by atoms with van der Waals surface area (Å²) in [5, 5.41) is -0.229. The van der Waals surface area contributed by atoms with Crippen molar-refractivity contribution in [1.82, 2.24) is 14.9 Å². The van der Waals surface area contributed by atoms with E-state index in [2.05, 4.69) is 9.97 Å². The maximum Gasteiger partial charge on any atom is 0.433 e. The minimum absolute atomic E-state index is 0.0980. The first-order valence-electron chi connectivity index (χ1n) is 6.89. The normalized spacial score (nSPS) is 22.2. The van der Waals surface area contributed by atoms with E-state index >= 15 is 0 Å². The van der Waals surface area contributed by atoms with Gasteiger partial charge in [0.2, 0.25) is 5.91 Å².